The monoisotopic (exact) mass is 227 g/mol. The Hall–Kier alpha value is -0.650. The quantitative estimate of drug-likeness (QED) is 0.660. The Labute approximate surface area is 96.3 Å². The largest absolute Gasteiger partial charge is 0.367 e. The van der Waals surface area contributed by atoms with Crippen LogP contribution in [0.1, 0.15) is 12.8 Å². The van der Waals surface area contributed by atoms with Crippen molar-refractivity contribution in [2.24, 2.45) is 11.7 Å². The van der Waals surface area contributed by atoms with Crippen molar-refractivity contribution in [1.82, 2.24) is 10.2 Å². The third-order valence-electron chi connectivity index (χ3n) is 3.44. The number of amides is 1. The Kier molecular flexibility index (Phi) is 4.15. The molecule has 0 aromatic carbocycles. The molecule has 0 aromatic heterocycles. The van der Waals surface area contributed by atoms with Gasteiger partial charge in [0.1, 0.15) is 6.10 Å². The molecule has 0 spiro atoms. The Morgan fingerprint density at radius 1 is 1.44 bits per heavy atom. The van der Waals surface area contributed by atoms with E-state index < -0.39 is 6.10 Å². The van der Waals surface area contributed by atoms with E-state index in [9.17, 15) is 4.79 Å². The number of hydrogen-bond donors (Lipinski definition) is 2. The van der Waals surface area contributed by atoms with Crippen molar-refractivity contribution in [1.29, 1.82) is 0 Å². The third-order valence-corrected chi connectivity index (χ3v) is 3.44. The first-order chi connectivity index (χ1) is 7.75. The number of rotatable bonds is 3. The number of piperidine rings is 1. The molecule has 5 heteroatoms. The summed E-state index contributed by atoms with van der Waals surface area (Å²) in [4.78, 5) is 13.4. The summed E-state index contributed by atoms with van der Waals surface area (Å²) in [6.45, 7) is 5.53. The fourth-order valence-corrected chi connectivity index (χ4v) is 2.47. The number of carbonyl (C=O) groups excluding carboxylic acids is 1. The first kappa shape index (κ1) is 11.8. The molecule has 5 nitrogen and oxygen atoms in total. The minimum Gasteiger partial charge on any atom is -0.367 e. The fourth-order valence-electron chi connectivity index (χ4n) is 2.47. The van der Waals surface area contributed by atoms with Crippen LogP contribution in [0.5, 0.6) is 0 Å². The second-order valence-corrected chi connectivity index (χ2v) is 4.71. The van der Waals surface area contributed by atoms with Gasteiger partial charge >= 0.3 is 0 Å². The number of ether oxygens (including phenoxy) is 1. The summed E-state index contributed by atoms with van der Waals surface area (Å²) in [5.74, 6) is 0.419. The van der Waals surface area contributed by atoms with Crippen LogP contribution in [0.25, 0.3) is 0 Å². The van der Waals surface area contributed by atoms with Crippen LogP contribution in [-0.2, 0) is 9.53 Å². The van der Waals surface area contributed by atoms with Crippen LogP contribution >= 0.6 is 0 Å². The van der Waals surface area contributed by atoms with E-state index in [1.807, 2.05) is 0 Å². The first-order valence-corrected chi connectivity index (χ1v) is 6.09. The summed E-state index contributed by atoms with van der Waals surface area (Å²) in [5, 5.41) is 3.36. The Morgan fingerprint density at radius 3 is 2.88 bits per heavy atom. The van der Waals surface area contributed by atoms with Gasteiger partial charge in [0.2, 0.25) is 5.91 Å². The van der Waals surface area contributed by atoms with Crippen molar-refractivity contribution in [3.63, 3.8) is 0 Å². The number of hydrogen-bond acceptors (Lipinski definition) is 4. The highest BCUT2D eigenvalue weighted by molar-refractivity contribution is 5.79. The van der Waals surface area contributed by atoms with Crippen molar-refractivity contribution in [2.75, 3.05) is 39.3 Å². The number of morpholine rings is 1. The molecule has 2 heterocycles. The summed E-state index contributed by atoms with van der Waals surface area (Å²) in [7, 11) is 0. The Balaban J connectivity index is 1.78. The molecule has 2 aliphatic heterocycles. The van der Waals surface area contributed by atoms with Gasteiger partial charge in [0.05, 0.1) is 6.61 Å². The topological polar surface area (TPSA) is 67.6 Å². The SMILES string of the molecule is NC(=O)C1CN(CC2CCNCC2)CCO1. The maximum absolute atomic E-state index is 11.1. The second kappa shape index (κ2) is 5.61. The smallest absolute Gasteiger partial charge is 0.247 e. The van der Waals surface area contributed by atoms with Crippen LogP contribution in [0.4, 0.5) is 0 Å². The van der Waals surface area contributed by atoms with Gasteiger partial charge in [-0.1, -0.05) is 0 Å². The van der Waals surface area contributed by atoms with Crippen LogP contribution in [0.15, 0.2) is 0 Å². The highest BCUT2D eigenvalue weighted by Crippen LogP contribution is 2.15. The number of nitrogens with one attached hydrogen (secondary N) is 1. The molecule has 0 aliphatic carbocycles. The predicted molar refractivity (Wildman–Crippen MR) is 61.0 cm³/mol. The maximum Gasteiger partial charge on any atom is 0.247 e. The molecular formula is C11H21N3O2. The van der Waals surface area contributed by atoms with Gasteiger partial charge in [0, 0.05) is 19.6 Å². The molecule has 0 aromatic rings. The molecule has 2 saturated heterocycles. The lowest BCUT2D eigenvalue weighted by atomic mass is 9.97. The summed E-state index contributed by atoms with van der Waals surface area (Å²) >= 11 is 0. The lowest BCUT2D eigenvalue weighted by Crippen LogP contribution is -2.50. The van der Waals surface area contributed by atoms with Gasteiger partial charge < -0.3 is 15.8 Å². The number of primary amides is 1. The zero-order chi connectivity index (χ0) is 11.4. The summed E-state index contributed by atoms with van der Waals surface area (Å²) in [5.41, 5.74) is 5.26. The zero-order valence-corrected chi connectivity index (χ0v) is 9.65. The van der Waals surface area contributed by atoms with Crippen molar-refractivity contribution < 1.29 is 9.53 Å². The van der Waals surface area contributed by atoms with Crippen molar-refractivity contribution in [2.45, 2.75) is 18.9 Å². The van der Waals surface area contributed by atoms with Gasteiger partial charge in [0.15, 0.2) is 0 Å². The van der Waals surface area contributed by atoms with E-state index in [-0.39, 0.29) is 5.91 Å². The standard InChI is InChI=1S/C11H21N3O2/c12-11(15)10-8-14(5-6-16-10)7-9-1-3-13-4-2-9/h9-10,13H,1-8H2,(H2,12,15). The molecule has 0 bridgehead atoms. The zero-order valence-electron chi connectivity index (χ0n) is 9.65. The number of nitrogens with two attached hydrogens (primary N) is 1. The molecule has 1 unspecified atom stereocenters. The molecule has 3 N–H and O–H groups in total. The van der Waals surface area contributed by atoms with Gasteiger partial charge in [-0.3, -0.25) is 9.69 Å². The highest BCUT2D eigenvalue weighted by atomic mass is 16.5. The van der Waals surface area contributed by atoms with E-state index in [1.165, 1.54) is 12.8 Å². The Morgan fingerprint density at radius 2 is 2.19 bits per heavy atom. The van der Waals surface area contributed by atoms with Crippen molar-refractivity contribution in [3.05, 3.63) is 0 Å². The van der Waals surface area contributed by atoms with Gasteiger partial charge in [-0.2, -0.15) is 0 Å². The highest BCUT2D eigenvalue weighted by Gasteiger charge is 2.26. The normalized spacial score (nSPS) is 29.1. The molecular weight excluding hydrogens is 206 g/mol. The molecule has 1 atom stereocenters. The number of nitrogens with zero attached hydrogens (tertiary/aromatic N) is 1. The summed E-state index contributed by atoms with van der Waals surface area (Å²) in [6.07, 6.45) is 2.06. The van der Waals surface area contributed by atoms with Gasteiger partial charge in [-0.15, -0.1) is 0 Å². The molecule has 0 radical (unpaired) electrons. The van der Waals surface area contributed by atoms with Crippen LogP contribution in [0.2, 0.25) is 0 Å². The average Bonchev–Trinajstić information content (AvgIpc) is 2.30. The molecule has 0 saturated carbocycles. The van der Waals surface area contributed by atoms with Gasteiger partial charge in [-0.25, -0.2) is 0 Å². The van der Waals surface area contributed by atoms with Gasteiger partial charge in [-0.05, 0) is 31.8 Å². The van der Waals surface area contributed by atoms with E-state index in [2.05, 4.69) is 10.2 Å². The van der Waals surface area contributed by atoms with E-state index in [0.717, 1.165) is 32.1 Å². The fraction of sp³-hybridized carbons (Fsp3) is 0.909. The van der Waals surface area contributed by atoms with Crippen LogP contribution < -0.4 is 11.1 Å². The molecule has 2 aliphatic rings. The molecule has 92 valence electrons. The van der Waals surface area contributed by atoms with E-state index >= 15 is 0 Å². The molecule has 2 rings (SSSR count). The first-order valence-electron chi connectivity index (χ1n) is 6.09. The van der Waals surface area contributed by atoms with Crippen molar-refractivity contribution in [3.8, 4) is 0 Å². The molecule has 2 fully saturated rings. The number of carbonyl (C=O) groups is 1. The van der Waals surface area contributed by atoms with Crippen molar-refractivity contribution >= 4 is 5.91 Å². The lowest BCUT2D eigenvalue weighted by molar-refractivity contribution is -0.135. The lowest BCUT2D eigenvalue weighted by Gasteiger charge is -2.35. The summed E-state index contributed by atoms with van der Waals surface area (Å²) < 4.78 is 5.33. The van der Waals surface area contributed by atoms with E-state index in [0.29, 0.717) is 13.2 Å². The average molecular weight is 227 g/mol. The Bertz CT molecular complexity index is 241. The van der Waals surface area contributed by atoms with E-state index in [1.54, 1.807) is 0 Å². The molecule has 1 amide bonds. The second-order valence-electron chi connectivity index (χ2n) is 4.71. The predicted octanol–water partition coefficient (Wildman–Crippen LogP) is -0.828. The van der Waals surface area contributed by atoms with Gasteiger partial charge in [0.25, 0.3) is 0 Å². The maximum atomic E-state index is 11.1. The molecule has 16 heavy (non-hydrogen) atoms. The van der Waals surface area contributed by atoms with E-state index in [4.69, 9.17) is 10.5 Å². The van der Waals surface area contributed by atoms with Crippen LogP contribution in [0, 0.1) is 5.92 Å². The summed E-state index contributed by atoms with van der Waals surface area (Å²) in [6, 6.07) is 0. The van der Waals surface area contributed by atoms with Crippen LogP contribution in [0.3, 0.4) is 0 Å². The minimum atomic E-state index is -0.407. The third kappa shape index (κ3) is 3.17. The van der Waals surface area contributed by atoms with Crippen LogP contribution in [-0.4, -0.2) is 56.2 Å². The minimum absolute atomic E-state index is 0.338.